The molecule has 0 saturated carbocycles. The largest absolute Gasteiger partial charge is 0.384 e. The molecule has 0 bridgehead atoms. The highest BCUT2D eigenvalue weighted by molar-refractivity contribution is 6.30. The molecule has 112 valence electrons. The highest BCUT2D eigenvalue weighted by Gasteiger charge is 2.18. The molecule has 4 nitrogen and oxygen atoms in total. The first-order chi connectivity index (χ1) is 9.84. The van der Waals surface area contributed by atoms with Gasteiger partial charge in [0, 0.05) is 23.0 Å². The molecule has 0 unspecified atom stereocenters. The molecule has 21 heavy (non-hydrogen) atoms. The van der Waals surface area contributed by atoms with Gasteiger partial charge >= 0.3 is 0 Å². The number of halogens is 1. The van der Waals surface area contributed by atoms with Crippen LogP contribution in [0.15, 0.2) is 30.3 Å². The summed E-state index contributed by atoms with van der Waals surface area (Å²) in [6, 6.07) is 9.61. The number of rotatable bonds is 4. The molecule has 2 aromatic rings. The Hall–Kier alpha value is -1.81. The van der Waals surface area contributed by atoms with Crippen molar-refractivity contribution in [3.63, 3.8) is 0 Å². The van der Waals surface area contributed by atoms with Crippen molar-refractivity contribution in [3.05, 3.63) is 46.7 Å². The number of benzene rings is 1. The minimum atomic E-state index is -0.123. The van der Waals surface area contributed by atoms with E-state index in [1.54, 1.807) is 6.07 Å². The minimum absolute atomic E-state index is 0.123. The van der Waals surface area contributed by atoms with Crippen LogP contribution in [0.25, 0.3) is 0 Å². The van der Waals surface area contributed by atoms with E-state index < -0.39 is 0 Å². The summed E-state index contributed by atoms with van der Waals surface area (Å²) in [4.78, 5) is 8.82. The summed E-state index contributed by atoms with van der Waals surface area (Å²) in [5.74, 6) is 2.00. The molecule has 0 radical (unpaired) electrons. The SMILES string of the molecule is CC(C)(C)c1nc(N)cc(NCCc2ccc(Cl)cc2)n1. The molecule has 0 fully saturated rings. The number of hydrogen-bond donors (Lipinski definition) is 2. The van der Waals surface area contributed by atoms with Gasteiger partial charge in [-0.2, -0.15) is 0 Å². The number of nitrogens with two attached hydrogens (primary N) is 1. The Kier molecular flexibility index (Phi) is 4.68. The second kappa shape index (κ2) is 6.31. The van der Waals surface area contributed by atoms with Gasteiger partial charge in [-0.05, 0) is 24.1 Å². The van der Waals surface area contributed by atoms with E-state index in [1.165, 1.54) is 5.56 Å². The summed E-state index contributed by atoms with van der Waals surface area (Å²) in [5.41, 5.74) is 6.95. The zero-order chi connectivity index (χ0) is 15.5. The number of nitrogen functional groups attached to an aromatic ring is 1. The van der Waals surface area contributed by atoms with Crippen LogP contribution in [0.1, 0.15) is 32.2 Å². The van der Waals surface area contributed by atoms with Gasteiger partial charge in [0.1, 0.15) is 17.5 Å². The fourth-order valence-electron chi connectivity index (χ4n) is 1.88. The van der Waals surface area contributed by atoms with E-state index in [4.69, 9.17) is 17.3 Å². The number of nitrogens with one attached hydrogen (secondary N) is 1. The molecule has 1 heterocycles. The lowest BCUT2D eigenvalue weighted by Crippen LogP contribution is -2.18. The maximum Gasteiger partial charge on any atom is 0.138 e. The Morgan fingerprint density at radius 2 is 1.81 bits per heavy atom. The van der Waals surface area contributed by atoms with E-state index >= 15 is 0 Å². The molecular formula is C16H21ClN4. The Labute approximate surface area is 130 Å². The van der Waals surface area contributed by atoms with Crippen LogP contribution >= 0.6 is 11.6 Å². The summed E-state index contributed by atoms with van der Waals surface area (Å²) in [5, 5.41) is 4.05. The summed E-state index contributed by atoms with van der Waals surface area (Å²) >= 11 is 5.87. The van der Waals surface area contributed by atoms with Gasteiger partial charge in [-0.25, -0.2) is 9.97 Å². The topological polar surface area (TPSA) is 63.8 Å². The number of anilines is 2. The van der Waals surface area contributed by atoms with Crippen LogP contribution in [-0.4, -0.2) is 16.5 Å². The van der Waals surface area contributed by atoms with Gasteiger partial charge in [-0.1, -0.05) is 44.5 Å². The van der Waals surface area contributed by atoms with Crippen molar-refractivity contribution >= 4 is 23.2 Å². The Morgan fingerprint density at radius 3 is 2.43 bits per heavy atom. The molecule has 0 amide bonds. The van der Waals surface area contributed by atoms with Crippen LogP contribution < -0.4 is 11.1 Å². The van der Waals surface area contributed by atoms with Crippen molar-refractivity contribution < 1.29 is 0 Å². The van der Waals surface area contributed by atoms with Crippen molar-refractivity contribution in [2.75, 3.05) is 17.6 Å². The molecule has 2 rings (SSSR count). The van der Waals surface area contributed by atoms with Gasteiger partial charge in [-0.15, -0.1) is 0 Å². The van der Waals surface area contributed by atoms with E-state index in [9.17, 15) is 0 Å². The monoisotopic (exact) mass is 304 g/mol. The van der Waals surface area contributed by atoms with Crippen LogP contribution in [0, 0.1) is 0 Å². The molecule has 0 aliphatic carbocycles. The van der Waals surface area contributed by atoms with Crippen molar-refractivity contribution in [1.29, 1.82) is 0 Å². The van der Waals surface area contributed by atoms with Gasteiger partial charge in [0.25, 0.3) is 0 Å². The van der Waals surface area contributed by atoms with E-state index in [2.05, 4.69) is 36.1 Å². The predicted molar refractivity (Wildman–Crippen MR) is 88.8 cm³/mol. The fraction of sp³-hybridized carbons (Fsp3) is 0.375. The van der Waals surface area contributed by atoms with Gasteiger partial charge < -0.3 is 11.1 Å². The van der Waals surface area contributed by atoms with Gasteiger partial charge in [0.05, 0.1) is 0 Å². The summed E-state index contributed by atoms with van der Waals surface area (Å²) in [6.45, 7) is 6.99. The van der Waals surface area contributed by atoms with Crippen molar-refractivity contribution in [2.24, 2.45) is 0 Å². The molecule has 5 heteroatoms. The Bertz CT molecular complexity index is 603. The Morgan fingerprint density at radius 1 is 1.14 bits per heavy atom. The first kappa shape index (κ1) is 15.6. The normalized spacial score (nSPS) is 11.4. The maximum absolute atomic E-state index is 5.87. The fourth-order valence-corrected chi connectivity index (χ4v) is 2.00. The Balaban J connectivity index is 2.00. The molecule has 0 saturated heterocycles. The number of hydrogen-bond acceptors (Lipinski definition) is 4. The van der Waals surface area contributed by atoms with E-state index in [0.717, 1.165) is 29.6 Å². The van der Waals surface area contributed by atoms with Gasteiger partial charge in [0.15, 0.2) is 0 Å². The average molecular weight is 305 g/mol. The molecule has 1 aromatic heterocycles. The summed E-state index contributed by atoms with van der Waals surface area (Å²) in [6.07, 6.45) is 0.895. The molecule has 3 N–H and O–H groups in total. The summed E-state index contributed by atoms with van der Waals surface area (Å²) < 4.78 is 0. The first-order valence-corrected chi connectivity index (χ1v) is 7.36. The molecular weight excluding hydrogens is 284 g/mol. The van der Waals surface area contributed by atoms with Crippen molar-refractivity contribution in [1.82, 2.24) is 9.97 Å². The van der Waals surface area contributed by atoms with Crippen LogP contribution in [0.4, 0.5) is 11.6 Å². The third-order valence-electron chi connectivity index (χ3n) is 3.05. The van der Waals surface area contributed by atoms with Crippen LogP contribution in [0.5, 0.6) is 0 Å². The van der Waals surface area contributed by atoms with Crippen molar-refractivity contribution in [3.8, 4) is 0 Å². The van der Waals surface area contributed by atoms with E-state index in [1.807, 2.05) is 24.3 Å². The standard InChI is InChI=1S/C16H21ClN4/c1-16(2,3)15-20-13(18)10-14(21-15)19-9-8-11-4-6-12(17)7-5-11/h4-7,10H,8-9H2,1-3H3,(H3,18,19,20,21). The third-order valence-corrected chi connectivity index (χ3v) is 3.30. The van der Waals surface area contributed by atoms with E-state index in [-0.39, 0.29) is 5.41 Å². The molecule has 0 spiro atoms. The van der Waals surface area contributed by atoms with Gasteiger partial charge in [0.2, 0.25) is 0 Å². The third kappa shape index (κ3) is 4.60. The predicted octanol–water partition coefficient (Wildman–Crippen LogP) is 3.66. The smallest absolute Gasteiger partial charge is 0.138 e. The lowest BCUT2D eigenvalue weighted by atomic mass is 9.96. The highest BCUT2D eigenvalue weighted by Crippen LogP contribution is 2.21. The molecule has 0 aliphatic rings. The minimum Gasteiger partial charge on any atom is -0.384 e. The number of nitrogens with zero attached hydrogens (tertiary/aromatic N) is 2. The lowest BCUT2D eigenvalue weighted by Gasteiger charge is -2.18. The van der Waals surface area contributed by atoms with Crippen LogP contribution in [0.3, 0.4) is 0 Å². The maximum atomic E-state index is 5.87. The van der Waals surface area contributed by atoms with Crippen molar-refractivity contribution in [2.45, 2.75) is 32.6 Å². The van der Waals surface area contributed by atoms with Crippen LogP contribution in [-0.2, 0) is 11.8 Å². The van der Waals surface area contributed by atoms with Gasteiger partial charge in [-0.3, -0.25) is 0 Å². The molecule has 0 aliphatic heterocycles. The highest BCUT2D eigenvalue weighted by atomic mass is 35.5. The zero-order valence-corrected chi connectivity index (χ0v) is 13.4. The summed E-state index contributed by atoms with van der Waals surface area (Å²) in [7, 11) is 0. The average Bonchev–Trinajstić information content (AvgIpc) is 2.39. The van der Waals surface area contributed by atoms with Crippen LogP contribution in [0.2, 0.25) is 5.02 Å². The first-order valence-electron chi connectivity index (χ1n) is 6.98. The second-order valence-electron chi connectivity index (χ2n) is 6.05. The molecule has 0 atom stereocenters. The quantitative estimate of drug-likeness (QED) is 0.904. The zero-order valence-electron chi connectivity index (χ0n) is 12.7. The second-order valence-corrected chi connectivity index (χ2v) is 6.49. The molecule has 1 aromatic carbocycles. The lowest BCUT2D eigenvalue weighted by molar-refractivity contribution is 0.547. The number of aromatic nitrogens is 2. The van der Waals surface area contributed by atoms with E-state index in [0.29, 0.717) is 5.82 Å².